The van der Waals surface area contributed by atoms with Crippen molar-refractivity contribution in [3.63, 3.8) is 0 Å². The van der Waals surface area contributed by atoms with Gasteiger partial charge in [0.15, 0.2) is 0 Å². The van der Waals surface area contributed by atoms with E-state index in [0.29, 0.717) is 5.92 Å². The van der Waals surface area contributed by atoms with Crippen LogP contribution in [0.4, 0.5) is 4.39 Å². The van der Waals surface area contributed by atoms with E-state index in [4.69, 9.17) is 0 Å². The number of rotatable bonds is 6. The summed E-state index contributed by atoms with van der Waals surface area (Å²) in [7, 11) is 0. The molecule has 0 aliphatic heterocycles. The van der Waals surface area contributed by atoms with Crippen molar-refractivity contribution in [3.05, 3.63) is 35.6 Å². The Bertz CT molecular complexity index is 375. The summed E-state index contributed by atoms with van der Waals surface area (Å²) in [5.74, 6) is 0.695. The Kier molecular flexibility index (Phi) is 4.36. The number of nitrogens with one attached hydrogen (secondary N) is 1. The molecule has 2 nitrogen and oxygen atoms in total. The Morgan fingerprint density at radius 3 is 2.39 bits per heavy atom. The number of benzene rings is 1. The monoisotopic (exact) mass is 251 g/mol. The van der Waals surface area contributed by atoms with E-state index < -0.39 is 0 Å². The van der Waals surface area contributed by atoms with Crippen molar-refractivity contribution in [2.75, 3.05) is 6.61 Å². The van der Waals surface area contributed by atoms with Gasteiger partial charge in [0, 0.05) is 18.7 Å². The molecule has 2 N–H and O–H groups in total. The molecular formula is C15H22FNO. The highest BCUT2D eigenvalue weighted by atomic mass is 19.1. The lowest BCUT2D eigenvalue weighted by molar-refractivity contribution is 0.198. The first kappa shape index (κ1) is 13.5. The fraction of sp³-hybridized carbons (Fsp3) is 0.600. The largest absolute Gasteiger partial charge is 0.396 e. The van der Waals surface area contributed by atoms with Crippen LogP contribution in [0.25, 0.3) is 0 Å². The van der Waals surface area contributed by atoms with Crippen molar-refractivity contribution in [1.82, 2.24) is 5.32 Å². The number of hydrogen-bond acceptors (Lipinski definition) is 2. The minimum absolute atomic E-state index is 0.189. The fourth-order valence-electron chi connectivity index (χ4n) is 2.21. The summed E-state index contributed by atoms with van der Waals surface area (Å²) < 4.78 is 13.0. The molecule has 0 radical (unpaired) electrons. The summed E-state index contributed by atoms with van der Waals surface area (Å²) in [5.41, 5.74) is 1.15. The molecule has 1 aliphatic carbocycles. The molecule has 18 heavy (non-hydrogen) atoms. The number of aliphatic hydroxyl groups excluding tert-OH is 1. The maximum absolute atomic E-state index is 13.0. The summed E-state index contributed by atoms with van der Waals surface area (Å²) in [6.45, 7) is 4.32. The molecule has 1 fully saturated rings. The second-order valence-corrected chi connectivity index (χ2v) is 5.48. The van der Waals surface area contributed by atoms with Gasteiger partial charge in [0.25, 0.3) is 0 Å². The maximum atomic E-state index is 13.0. The highest BCUT2D eigenvalue weighted by Gasteiger charge is 2.33. The lowest BCUT2D eigenvalue weighted by Crippen LogP contribution is -2.37. The second kappa shape index (κ2) is 5.81. The Morgan fingerprint density at radius 1 is 1.28 bits per heavy atom. The maximum Gasteiger partial charge on any atom is 0.123 e. The van der Waals surface area contributed by atoms with E-state index in [0.717, 1.165) is 5.56 Å². The molecule has 100 valence electrons. The Labute approximate surface area is 108 Å². The predicted molar refractivity (Wildman–Crippen MR) is 70.7 cm³/mol. The molecule has 0 amide bonds. The Hall–Kier alpha value is -0.930. The van der Waals surface area contributed by atoms with E-state index in [1.54, 1.807) is 0 Å². The quantitative estimate of drug-likeness (QED) is 0.815. The lowest BCUT2D eigenvalue weighted by atomic mass is 9.98. The van der Waals surface area contributed by atoms with Crippen molar-refractivity contribution in [1.29, 1.82) is 0 Å². The van der Waals surface area contributed by atoms with Gasteiger partial charge in [-0.1, -0.05) is 19.1 Å². The number of halogens is 1. The molecule has 1 aliphatic rings. The van der Waals surface area contributed by atoms with Crippen molar-refractivity contribution >= 4 is 0 Å². The van der Waals surface area contributed by atoms with Crippen molar-refractivity contribution < 1.29 is 9.50 Å². The molecule has 1 aromatic carbocycles. The summed E-state index contributed by atoms with van der Waals surface area (Å²) in [6, 6.07) is 7.31. The van der Waals surface area contributed by atoms with Gasteiger partial charge in [-0.05, 0) is 49.3 Å². The van der Waals surface area contributed by atoms with Gasteiger partial charge in [-0.2, -0.15) is 0 Å². The summed E-state index contributed by atoms with van der Waals surface area (Å²) in [5, 5.41) is 12.8. The van der Waals surface area contributed by atoms with Crippen LogP contribution in [0.5, 0.6) is 0 Å². The van der Waals surface area contributed by atoms with Crippen molar-refractivity contribution in [3.8, 4) is 0 Å². The van der Waals surface area contributed by atoms with Crippen LogP contribution in [0.15, 0.2) is 24.3 Å². The minimum atomic E-state index is -0.190. The Morgan fingerprint density at radius 2 is 1.89 bits per heavy atom. The molecule has 3 heteroatoms. The van der Waals surface area contributed by atoms with Gasteiger partial charge in [0.1, 0.15) is 5.82 Å². The van der Waals surface area contributed by atoms with E-state index in [9.17, 15) is 9.50 Å². The van der Waals surface area contributed by atoms with E-state index >= 15 is 0 Å². The topological polar surface area (TPSA) is 32.3 Å². The van der Waals surface area contributed by atoms with E-state index in [-0.39, 0.29) is 30.4 Å². The summed E-state index contributed by atoms with van der Waals surface area (Å²) >= 11 is 0. The third kappa shape index (κ3) is 3.30. The van der Waals surface area contributed by atoms with Crippen LogP contribution >= 0.6 is 0 Å². The first-order valence-corrected chi connectivity index (χ1v) is 6.74. The zero-order chi connectivity index (χ0) is 13.1. The Balaban J connectivity index is 2.06. The fourth-order valence-corrected chi connectivity index (χ4v) is 2.21. The molecule has 0 heterocycles. The molecule has 0 aromatic heterocycles. The molecule has 3 unspecified atom stereocenters. The van der Waals surface area contributed by atoms with E-state index in [1.165, 1.54) is 25.0 Å². The van der Waals surface area contributed by atoms with E-state index in [2.05, 4.69) is 12.2 Å². The van der Waals surface area contributed by atoms with Crippen LogP contribution in [0.3, 0.4) is 0 Å². The van der Waals surface area contributed by atoms with Crippen LogP contribution in [0.1, 0.15) is 38.3 Å². The van der Waals surface area contributed by atoms with Crippen LogP contribution in [0.2, 0.25) is 0 Å². The lowest BCUT2D eigenvalue weighted by Gasteiger charge is -2.27. The average Bonchev–Trinajstić information content (AvgIpc) is 3.20. The van der Waals surface area contributed by atoms with Gasteiger partial charge in [-0.25, -0.2) is 4.39 Å². The third-order valence-corrected chi connectivity index (χ3v) is 3.91. The van der Waals surface area contributed by atoms with Gasteiger partial charge in [-0.15, -0.1) is 0 Å². The summed E-state index contributed by atoms with van der Waals surface area (Å²) in [4.78, 5) is 0. The van der Waals surface area contributed by atoms with Crippen LogP contribution in [0, 0.1) is 17.7 Å². The second-order valence-electron chi connectivity index (χ2n) is 5.48. The van der Waals surface area contributed by atoms with Gasteiger partial charge >= 0.3 is 0 Å². The molecular weight excluding hydrogens is 229 g/mol. The molecule has 1 aromatic rings. The molecule has 0 bridgehead atoms. The zero-order valence-electron chi connectivity index (χ0n) is 11.1. The van der Waals surface area contributed by atoms with Crippen LogP contribution in [-0.4, -0.2) is 17.8 Å². The molecule has 1 saturated carbocycles. The summed E-state index contributed by atoms with van der Waals surface area (Å²) in [6.07, 6.45) is 2.46. The molecule has 0 saturated heterocycles. The van der Waals surface area contributed by atoms with Crippen LogP contribution < -0.4 is 5.32 Å². The highest BCUT2D eigenvalue weighted by Crippen LogP contribution is 2.41. The van der Waals surface area contributed by atoms with Crippen LogP contribution in [-0.2, 0) is 0 Å². The first-order valence-electron chi connectivity index (χ1n) is 6.74. The number of hydrogen-bond donors (Lipinski definition) is 2. The SMILES string of the molecule is CC(CO)C(C)NC(c1ccc(F)cc1)C1CC1. The highest BCUT2D eigenvalue weighted by molar-refractivity contribution is 5.22. The third-order valence-electron chi connectivity index (χ3n) is 3.91. The van der Waals surface area contributed by atoms with Gasteiger partial charge in [0.2, 0.25) is 0 Å². The zero-order valence-corrected chi connectivity index (χ0v) is 11.1. The first-order chi connectivity index (χ1) is 8.61. The standard InChI is InChI=1S/C15H22FNO/c1-10(9-18)11(2)17-15(12-3-4-12)13-5-7-14(16)8-6-13/h5-8,10-12,15,17-18H,3-4,9H2,1-2H3. The normalized spacial score (nSPS) is 20.4. The predicted octanol–water partition coefficient (Wildman–Crippen LogP) is 2.88. The van der Waals surface area contributed by atoms with E-state index in [1.807, 2.05) is 19.1 Å². The van der Waals surface area contributed by atoms with Crippen molar-refractivity contribution in [2.24, 2.45) is 11.8 Å². The molecule has 3 atom stereocenters. The van der Waals surface area contributed by atoms with Crippen molar-refractivity contribution in [2.45, 2.75) is 38.8 Å². The smallest absolute Gasteiger partial charge is 0.123 e. The van der Waals surface area contributed by atoms with Gasteiger partial charge in [0.05, 0.1) is 0 Å². The van der Waals surface area contributed by atoms with Gasteiger partial charge in [-0.3, -0.25) is 0 Å². The molecule has 0 spiro atoms. The minimum Gasteiger partial charge on any atom is -0.396 e. The van der Waals surface area contributed by atoms with Gasteiger partial charge < -0.3 is 10.4 Å². The number of aliphatic hydroxyl groups is 1. The average molecular weight is 251 g/mol. The molecule has 2 rings (SSSR count).